The summed E-state index contributed by atoms with van der Waals surface area (Å²) in [7, 11) is 2.10. The van der Waals surface area contributed by atoms with Gasteiger partial charge in [-0.05, 0) is 19.4 Å². The van der Waals surface area contributed by atoms with E-state index in [1.54, 1.807) is 0 Å². The summed E-state index contributed by atoms with van der Waals surface area (Å²) in [6, 6.07) is 0. The molecule has 1 atom stereocenters. The van der Waals surface area contributed by atoms with Gasteiger partial charge < -0.3 is 5.01 Å². The summed E-state index contributed by atoms with van der Waals surface area (Å²) < 4.78 is 0. The first-order chi connectivity index (χ1) is 5.20. The molecule has 0 saturated carbocycles. The zero-order valence-electron chi connectivity index (χ0n) is 7.34. The van der Waals surface area contributed by atoms with E-state index in [-0.39, 0.29) is 0 Å². The molecule has 1 unspecified atom stereocenters. The number of hydrazine groups is 1. The van der Waals surface area contributed by atoms with Crippen molar-refractivity contribution in [2.75, 3.05) is 13.6 Å². The van der Waals surface area contributed by atoms with Crippen molar-refractivity contribution in [2.45, 2.75) is 25.2 Å². The number of rotatable bonds is 2. The van der Waals surface area contributed by atoms with Crippen molar-refractivity contribution in [1.29, 1.82) is 0 Å². The van der Waals surface area contributed by atoms with E-state index in [1.807, 2.05) is 0 Å². The molecule has 11 heavy (non-hydrogen) atoms. The van der Waals surface area contributed by atoms with Crippen LogP contribution >= 0.6 is 15.9 Å². The van der Waals surface area contributed by atoms with Crippen LogP contribution in [-0.4, -0.2) is 28.6 Å². The lowest BCUT2D eigenvalue weighted by atomic mass is 10.3. The highest BCUT2D eigenvalue weighted by Crippen LogP contribution is 2.25. The summed E-state index contributed by atoms with van der Waals surface area (Å²) >= 11 is 3.57. The van der Waals surface area contributed by atoms with Crippen LogP contribution in [0.2, 0.25) is 0 Å². The number of allylic oxidation sites excluding steroid dienone is 1. The van der Waals surface area contributed by atoms with Crippen molar-refractivity contribution in [3.8, 4) is 0 Å². The molecule has 0 amide bonds. The summed E-state index contributed by atoms with van der Waals surface area (Å²) in [5, 5.41) is 4.50. The van der Waals surface area contributed by atoms with Gasteiger partial charge in [-0.25, -0.2) is 5.01 Å². The Kier molecular flexibility index (Phi) is 2.96. The van der Waals surface area contributed by atoms with Crippen molar-refractivity contribution in [2.24, 2.45) is 0 Å². The van der Waals surface area contributed by atoms with Crippen LogP contribution in [0.5, 0.6) is 0 Å². The minimum Gasteiger partial charge on any atom is -0.309 e. The Morgan fingerprint density at radius 3 is 2.55 bits per heavy atom. The Hall–Kier alpha value is -0.0200. The molecule has 0 aliphatic carbocycles. The van der Waals surface area contributed by atoms with Gasteiger partial charge >= 0.3 is 0 Å². The van der Waals surface area contributed by atoms with Crippen LogP contribution < -0.4 is 0 Å². The molecule has 0 bridgehead atoms. The van der Waals surface area contributed by atoms with E-state index in [0.29, 0.717) is 4.95 Å². The third-order valence-electron chi connectivity index (χ3n) is 2.06. The lowest BCUT2D eigenvalue weighted by Crippen LogP contribution is -2.36. The lowest BCUT2D eigenvalue weighted by Gasteiger charge is -2.29. The quantitative estimate of drug-likeness (QED) is 0.518. The molecule has 0 saturated heterocycles. The first-order valence-corrected chi connectivity index (χ1v) is 4.97. The van der Waals surface area contributed by atoms with E-state index in [1.165, 1.54) is 5.70 Å². The molecule has 0 aromatic carbocycles. The second-order valence-electron chi connectivity index (χ2n) is 2.67. The summed E-state index contributed by atoms with van der Waals surface area (Å²) in [6.45, 7) is 5.41. The van der Waals surface area contributed by atoms with Gasteiger partial charge in [-0.3, -0.25) is 0 Å². The molecule has 0 spiro atoms. The molecule has 0 radical (unpaired) electrons. The molecule has 64 valence electrons. The van der Waals surface area contributed by atoms with Crippen molar-refractivity contribution in [3.63, 3.8) is 0 Å². The molecule has 1 rings (SSSR count). The first kappa shape index (κ1) is 9.07. The standard InChI is InChI=1S/C8H15BrN2/c1-4-7-6-8(9)10(3)11(7)5-2/h6,8H,4-5H2,1-3H3. The van der Waals surface area contributed by atoms with E-state index >= 15 is 0 Å². The molecule has 2 nitrogen and oxygen atoms in total. The highest BCUT2D eigenvalue weighted by Gasteiger charge is 2.24. The van der Waals surface area contributed by atoms with E-state index in [0.717, 1.165) is 13.0 Å². The molecule has 0 N–H and O–H groups in total. The van der Waals surface area contributed by atoms with Gasteiger partial charge in [0, 0.05) is 19.3 Å². The zero-order chi connectivity index (χ0) is 8.43. The topological polar surface area (TPSA) is 6.48 Å². The smallest absolute Gasteiger partial charge is 0.104 e. The molecular formula is C8H15BrN2. The lowest BCUT2D eigenvalue weighted by molar-refractivity contribution is 0.0656. The number of likely N-dealkylation sites (N-methyl/N-ethyl adjacent to an activating group) is 1. The second kappa shape index (κ2) is 3.59. The molecule has 1 heterocycles. The van der Waals surface area contributed by atoms with Gasteiger partial charge in [-0.2, -0.15) is 0 Å². The number of halogens is 1. The Labute approximate surface area is 77.0 Å². The number of alkyl halides is 1. The van der Waals surface area contributed by atoms with E-state index in [4.69, 9.17) is 0 Å². The van der Waals surface area contributed by atoms with Crippen LogP contribution in [0.1, 0.15) is 20.3 Å². The third kappa shape index (κ3) is 1.59. The fourth-order valence-corrected chi connectivity index (χ4v) is 1.94. The van der Waals surface area contributed by atoms with Crippen molar-refractivity contribution >= 4 is 15.9 Å². The molecule has 0 fully saturated rings. The van der Waals surface area contributed by atoms with E-state index in [9.17, 15) is 0 Å². The zero-order valence-corrected chi connectivity index (χ0v) is 8.93. The van der Waals surface area contributed by atoms with E-state index in [2.05, 4.69) is 52.9 Å². The predicted molar refractivity (Wildman–Crippen MR) is 51.2 cm³/mol. The molecule has 0 aromatic rings. The Morgan fingerprint density at radius 2 is 2.18 bits per heavy atom. The summed E-state index contributed by atoms with van der Waals surface area (Å²) in [5.74, 6) is 0. The van der Waals surface area contributed by atoms with Crippen LogP contribution in [0, 0.1) is 0 Å². The van der Waals surface area contributed by atoms with E-state index < -0.39 is 0 Å². The highest BCUT2D eigenvalue weighted by atomic mass is 79.9. The van der Waals surface area contributed by atoms with Gasteiger partial charge in [-0.15, -0.1) is 0 Å². The number of hydrogen-bond donors (Lipinski definition) is 0. The van der Waals surface area contributed by atoms with Gasteiger partial charge in [-0.1, -0.05) is 22.9 Å². The fourth-order valence-electron chi connectivity index (χ4n) is 1.41. The summed E-state index contributed by atoms with van der Waals surface area (Å²) in [5.41, 5.74) is 1.41. The number of hydrogen-bond acceptors (Lipinski definition) is 2. The molecule has 0 aromatic heterocycles. The van der Waals surface area contributed by atoms with Crippen LogP contribution in [0.15, 0.2) is 11.8 Å². The van der Waals surface area contributed by atoms with Crippen LogP contribution in [0.25, 0.3) is 0 Å². The van der Waals surface area contributed by atoms with Crippen LogP contribution in [0.4, 0.5) is 0 Å². The maximum atomic E-state index is 3.57. The van der Waals surface area contributed by atoms with Crippen LogP contribution in [-0.2, 0) is 0 Å². The highest BCUT2D eigenvalue weighted by molar-refractivity contribution is 9.09. The fraction of sp³-hybridized carbons (Fsp3) is 0.750. The summed E-state index contributed by atoms with van der Waals surface area (Å²) in [4.78, 5) is 0.386. The van der Waals surface area contributed by atoms with Gasteiger partial charge in [0.15, 0.2) is 0 Å². The molecular weight excluding hydrogens is 204 g/mol. The second-order valence-corrected chi connectivity index (χ2v) is 3.61. The van der Waals surface area contributed by atoms with Crippen molar-refractivity contribution in [1.82, 2.24) is 10.0 Å². The predicted octanol–water partition coefficient (Wildman–Crippen LogP) is 2.18. The number of nitrogens with zero attached hydrogens (tertiary/aromatic N) is 2. The van der Waals surface area contributed by atoms with Gasteiger partial charge in [0.2, 0.25) is 0 Å². The Bertz CT molecular complexity index is 167. The Morgan fingerprint density at radius 1 is 1.55 bits per heavy atom. The maximum Gasteiger partial charge on any atom is 0.104 e. The minimum absolute atomic E-state index is 0.386. The summed E-state index contributed by atoms with van der Waals surface area (Å²) in [6.07, 6.45) is 3.36. The largest absolute Gasteiger partial charge is 0.309 e. The minimum atomic E-state index is 0.386. The van der Waals surface area contributed by atoms with Crippen molar-refractivity contribution in [3.05, 3.63) is 11.8 Å². The molecule has 1 aliphatic heterocycles. The average molecular weight is 219 g/mol. The Balaban J connectivity index is 2.70. The van der Waals surface area contributed by atoms with Gasteiger partial charge in [0.05, 0.1) is 0 Å². The average Bonchev–Trinajstić information content (AvgIpc) is 2.28. The monoisotopic (exact) mass is 218 g/mol. The maximum absolute atomic E-state index is 3.57. The molecule has 3 heteroatoms. The third-order valence-corrected chi connectivity index (χ3v) is 2.92. The normalized spacial score (nSPS) is 26.0. The van der Waals surface area contributed by atoms with Gasteiger partial charge in [0.25, 0.3) is 0 Å². The first-order valence-electron chi connectivity index (χ1n) is 4.05. The molecule has 1 aliphatic rings. The van der Waals surface area contributed by atoms with Crippen molar-refractivity contribution < 1.29 is 0 Å². The van der Waals surface area contributed by atoms with Crippen LogP contribution in [0.3, 0.4) is 0 Å². The van der Waals surface area contributed by atoms with Gasteiger partial charge in [0.1, 0.15) is 4.95 Å². The SMILES string of the molecule is CCC1=CC(Br)N(C)N1CC.